The van der Waals surface area contributed by atoms with Gasteiger partial charge < -0.3 is 10.1 Å². The van der Waals surface area contributed by atoms with Crippen molar-refractivity contribution in [3.63, 3.8) is 0 Å². The summed E-state index contributed by atoms with van der Waals surface area (Å²) in [5.74, 6) is 1.67. The van der Waals surface area contributed by atoms with E-state index in [2.05, 4.69) is 36.1 Å². The van der Waals surface area contributed by atoms with E-state index < -0.39 is 0 Å². The van der Waals surface area contributed by atoms with Crippen LogP contribution in [0.5, 0.6) is 5.88 Å². The monoisotopic (exact) mass is 251 g/mol. The number of hydrogen-bond acceptors (Lipinski definition) is 4. The van der Waals surface area contributed by atoms with E-state index >= 15 is 0 Å². The Morgan fingerprint density at radius 2 is 1.94 bits per heavy atom. The van der Waals surface area contributed by atoms with E-state index in [0.29, 0.717) is 0 Å². The lowest BCUT2D eigenvalue weighted by Gasteiger charge is -2.13. The first-order chi connectivity index (χ1) is 8.83. The topological polar surface area (TPSA) is 47.0 Å². The molecule has 0 aromatic carbocycles. The number of unbranched alkanes of at least 4 members (excludes halogenated alkanes) is 2. The van der Waals surface area contributed by atoms with Crippen molar-refractivity contribution in [3.8, 4) is 5.88 Å². The second-order valence-electron chi connectivity index (χ2n) is 4.34. The molecule has 0 unspecified atom stereocenters. The molecule has 1 rings (SSSR count). The van der Waals surface area contributed by atoms with Gasteiger partial charge in [0, 0.05) is 6.54 Å². The minimum atomic E-state index is 0.743. The Hall–Kier alpha value is -1.32. The largest absolute Gasteiger partial charge is 0.477 e. The van der Waals surface area contributed by atoms with E-state index in [-0.39, 0.29) is 0 Å². The summed E-state index contributed by atoms with van der Waals surface area (Å²) >= 11 is 0. The molecule has 0 saturated heterocycles. The lowest BCUT2D eigenvalue weighted by molar-refractivity contribution is 0.291. The fraction of sp³-hybridized carbons (Fsp3) is 0.714. The second-order valence-corrected chi connectivity index (χ2v) is 4.34. The molecule has 0 spiro atoms. The second kappa shape index (κ2) is 8.72. The standard InChI is InChI=1S/C14H25N3O/c1-4-7-8-10-18-14-12(9-5-2)13(15-6-3)16-11-17-14/h11H,4-10H2,1-3H3,(H,15,16,17). The van der Waals surface area contributed by atoms with Gasteiger partial charge in [0.1, 0.15) is 12.1 Å². The van der Waals surface area contributed by atoms with Gasteiger partial charge in [-0.3, -0.25) is 0 Å². The summed E-state index contributed by atoms with van der Waals surface area (Å²) in [6.45, 7) is 8.02. The van der Waals surface area contributed by atoms with E-state index in [1.54, 1.807) is 6.33 Å². The number of hydrogen-bond donors (Lipinski definition) is 1. The molecular weight excluding hydrogens is 226 g/mol. The summed E-state index contributed by atoms with van der Waals surface area (Å²) < 4.78 is 5.79. The fourth-order valence-corrected chi connectivity index (χ4v) is 1.84. The number of aromatic nitrogens is 2. The SMILES string of the molecule is CCCCCOc1ncnc(NCC)c1CCC. The highest BCUT2D eigenvalue weighted by Crippen LogP contribution is 2.23. The van der Waals surface area contributed by atoms with Crippen molar-refractivity contribution in [2.75, 3.05) is 18.5 Å². The summed E-state index contributed by atoms with van der Waals surface area (Å²) in [4.78, 5) is 8.55. The molecule has 0 bridgehead atoms. The molecule has 4 heteroatoms. The molecule has 4 nitrogen and oxygen atoms in total. The first kappa shape index (κ1) is 14.7. The molecule has 0 aliphatic carbocycles. The third-order valence-electron chi connectivity index (χ3n) is 2.74. The average Bonchev–Trinajstić information content (AvgIpc) is 2.38. The Bertz CT molecular complexity index is 342. The van der Waals surface area contributed by atoms with Crippen molar-refractivity contribution in [3.05, 3.63) is 11.9 Å². The van der Waals surface area contributed by atoms with Crippen LogP contribution in [-0.4, -0.2) is 23.1 Å². The molecule has 0 aliphatic heterocycles. The van der Waals surface area contributed by atoms with Gasteiger partial charge in [0.05, 0.1) is 12.2 Å². The molecule has 102 valence electrons. The molecule has 0 fully saturated rings. The predicted molar refractivity (Wildman–Crippen MR) is 75.2 cm³/mol. The summed E-state index contributed by atoms with van der Waals surface area (Å²) in [5, 5.41) is 3.27. The lowest BCUT2D eigenvalue weighted by atomic mass is 10.1. The zero-order valence-corrected chi connectivity index (χ0v) is 11.8. The van der Waals surface area contributed by atoms with Gasteiger partial charge in [0.15, 0.2) is 0 Å². The van der Waals surface area contributed by atoms with Gasteiger partial charge in [-0.1, -0.05) is 33.1 Å². The predicted octanol–water partition coefficient (Wildman–Crippen LogP) is 3.43. The van der Waals surface area contributed by atoms with Gasteiger partial charge in [-0.2, -0.15) is 0 Å². The van der Waals surface area contributed by atoms with Crippen LogP contribution >= 0.6 is 0 Å². The van der Waals surface area contributed by atoms with E-state index in [1.165, 1.54) is 12.8 Å². The van der Waals surface area contributed by atoms with Gasteiger partial charge in [0.25, 0.3) is 0 Å². The van der Waals surface area contributed by atoms with Gasteiger partial charge >= 0.3 is 0 Å². The van der Waals surface area contributed by atoms with E-state index in [1.807, 2.05) is 0 Å². The molecule has 0 amide bonds. The smallest absolute Gasteiger partial charge is 0.221 e. The zero-order valence-electron chi connectivity index (χ0n) is 11.8. The summed E-state index contributed by atoms with van der Waals surface area (Å²) in [6, 6.07) is 0. The number of anilines is 1. The number of rotatable bonds is 9. The molecule has 1 aromatic heterocycles. The van der Waals surface area contributed by atoms with Crippen LogP contribution in [0, 0.1) is 0 Å². The minimum Gasteiger partial charge on any atom is -0.477 e. The van der Waals surface area contributed by atoms with Crippen LogP contribution in [0.15, 0.2) is 6.33 Å². The highest BCUT2D eigenvalue weighted by Gasteiger charge is 2.11. The summed E-state index contributed by atoms with van der Waals surface area (Å²) in [5.41, 5.74) is 1.11. The van der Waals surface area contributed by atoms with Crippen LogP contribution in [-0.2, 0) is 6.42 Å². The first-order valence-electron chi connectivity index (χ1n) is 7.03. The van der Waals surface area contributed by atoms with Crippen molar-refractivity contribution in [2.24, 2.45) is 0 Å². The Balaban J connectivity index is 2.71. The van der Waals surface area contributed by atoms with Crippen LogP contribution in [0.4, 0.5) is 5.82 Å². The maximum Gasteiger partial charge on any atom is 0.221 e. The van der Waals surface area contributed by atoms with Crippen LogP contribution in [0.2, 0.25) is 0 Å². The van der Waals surface area contributed by atoms with Crippen LogP contribution < -0.4 is 10.1 Å². The van der Waals surface area contributed by atoms with Gasteiger partial charge in [-0.25, -0.2) is 9.97 Å². The molecule has 0 saturated carbocycles. The molecular formula is C14H25N3O. The van der Waals surface area contributed by atoms with Crippen molar-refractivity contribution in [2.45, 2.75) is 52.9 Å². The molecule has 18 heavy (non-hydrogen) atoms. The summed E-state index contributed by atoms with van der Waals surface area (Å²) in [6.07, 6.45) is 7.09. The van der Waals surface area contributed by atoms with Crippen molar-refractivity contribution in [1.82, 2.24) is 9.97 Å². The Morgan fingerprint density at radius 1 is 1.11 bits per heavy atom. The van der Waals surface area contributed by atoms with E-state index in [4.69, 9.17) is 4.74 Å². The van der Waals surface area contributed by atoms with E-state index in [0.717, 1.165) is 49.7 Å². The highest BCUT2D eigenvalue weighted by atomic mass is 16.5. The third kappa shape index (κ3) is 4.51. The van der Waals surface area contributed by atoms with Gasteiger partial charge in [-0.05, 0) is 19.8 Å². The van der Waals surface area contributed by atoms with Crippen molar-refractivity contribution >= 4 is 5.82 Å². The first-order valence-corrected chi connectivity index (χ1v) is 7.03. The highest BCUT2D eigenvalue weighted by molar-refractivity contribution is 5.48. The number of nitrogens with zero attached hydrogens (tertiary/aromatic N) is 2. The number of nitrogens with one attached hydrogen (secondary N) is 1. The third-order valence-corrected chi connectivity index (χ3v) is 2.74. The molecule has 0 radical (unpaired) electrons. The van der Waals surface area contributed by atoms with Crippen molar-refractivity contribution in [1.29, 1.82) is 0 Å². The van der Waals surface area contributed by atoms with Crippen LogP contribution in [0.25, 0.3) is 0 Å². The maximum absolute atomic E-state index is 5.79. The van der Waals surface area contributed by atoms with Crippen LogP contribution in [0.1, 0.15) is 52.0 Å². The fourth-order valence-electron chi connectivity index (χ4n) is 1.84. The molecule has 1 aromatic rings. The van der Waals surface area contributed by atoms with Gasteiger partial charge in [0.2, 0.25) is 5.88 Å². The minimum absolute atomic E-state index is 0.743. The molecule has 1 N–H and O–H groups in total. The maximum atomic E-state index is 5.79. The zero-order chi connectivity index (χ0) is 13.2. The quantitative estimate of drug-likeness (QED) is 0.683. The molecule has 0 atom stereocenters. The Labute approximate surface area is 110 Å². The lowest BCUT2D eigenvalue weighted by Crippen LogP contribution is -2.08. The Kier molecular flexibility index (Phi) is 7.14. The van der Waals surface area contributed by atoms with Gasteiger partial charge in [-0.15, -0.1) is 0 Å². The van der Waals surface area contributed by atoms with E-state index in [9.17, 15) is 0 Å². The Morgan fingerprint density at radius 3 is 2.61 bits per heavy atom. The number of ether oxygens (including phenoxy) is 1. The molecule has 1 heterocycles. The van der Waals surface area contributed by atoms with Crippen molar-refractivity contribution < 1.29 is 4.74 Å². The van der Waals surface area contributed by atoms with Crippen LogP contribution in [0.3, 0.4) is 0 Å². The summed E-state index contributed by atoms with van der Waals surface area (Å²) in [7, 11) is 0. The normalized spacial score (nSPS) is 10.4. The molecule has 0 aliphatic rings. The average molecular weight is 251 g/mol.